The van der Waals surface area contributed by atoms with Gasteiger partial charge in [-0.15, -0.1) is 0 Å². The molecule has 0 saturated carbocycles. The molecular weight excluding hydrogens is 226 g/mol. The maximum Gasteiger partial charge on any atom is 0.315 e. The van der Waals surface area contributed by atoms with E-state index in [0.717, 1.165) is 22.9 Å². The Morgan fingerprint density at radius 1 is 1.22 bits per heavy atom. The predicted octanol–water partition coefficient (Wildman–Crippen LogP) is 2.44. The van der Waals surface area contributed by atoms with Crippen molar-refractivity contribution in [3.63, 3.8) is 0 Å². The van der Waals surface area contributed by atoms with E-state index in [1.807, 2.05) is 37.3 Å². The van der Waals surface area contributed by atoms with E-state index < -0.39 is 0 Å². The van der Waals surface area contributed by atoms with E-state index in [-0.39, 0.29) is 6.03 Å². The third-order valence-electron chi connectivity index (χ3n) is 2.69. The van der Waals surface area contributed by atoms with E-state index >= 15 is 0 Å². The van der Waals surface area contributed by atoms with Crippen LogP contribution in [0.1, 0.15) is 18.9 Å². The predicted molar refractivity (Wildman–Crippen MR) is 72.3 cm³/mol. The van der Waals surface area contributed by atoms with Gasteiger partial charge in [-0.2, -0.15) is 0 Å². The van der Waals surface area contributed by atoms with E-state index in [1.54, 1.807) is 6.20 Å². The highest BCUT2D eigenvalue weighted by Crippen LogP contribution is 2.15. The van der Waals surface area contributed by atoms with E-state index in [1.165, 1.54) is 0 Å². The van der Waals surface area contributed by atoms with Crippen molar-refractivity contribution in [2.45, 2.75) is 19.9 Å². The van der Waals surface area contributed by atoms with E-state index in [9.17, 15) is 4.79 Å². The summed E-state index contributed by atoms with van der Waals surface area (Å²) in [5, 5.41) is 6.70. The molecule has 2 aromatic rings. The van der Waals surface area contributed by atoms with Gasteiger partial charge in [0, 0.05) is 24.7 Å². The highest BCUT2D eigenvalue weighted by atomic mass is 16.2. The number of rotatable bonds is 4. The molecule has 2 amide bonds. The fourth-order valence-corrected chi connectivity index (χ4v) is 1.79. The lowest BCUT2D eigenvalue weighted by molar-refractivity contribution is 0.240. The van der Waals surface area contributed by atoms with Crippen molar-refractivity contribution in [3.8, 4) is 0 Å². The van der Waals surface area contributed by atoms with Gasteiger partial charge in [0.15, 0.2) is 0 Å². The number of para-hydroxylation sites is 1. The van der Waals surface area contributed by atoms with Crippen molar-refractivity contribution >= 4 is 16.9 Å². The van der Waals surface area contributed by atoms with Gasteiger partial charge >= 0.3 is 6.03 Å². The molecule has 0 saturated heterocycles. The number of hydrogen-bond donors (Lipinski definition) is 2. The third-order valence-corrected chi connectivity index (χ3v) is 2.69. The van der Waals surface area contributed by atoms with Crippen LogP contribution in [0.15, 0.2) is 36.5 Å². The van der Waals surface area contributed by atoms with Gasteiger partial charge in [-0.05, 0) is 18.1 Å². The molecule has 0 aliphatic rings. The summed E-state index contributed by atoms with van der Waals surface area (Å²) in [6.45, 7) is 3.21. The number of carbonyl (C=O) groups excluding carboxylic acids is 1. The molecular formula is C14H17N3O. The molecule has 2 rings (SSSR count). The van der Waals surface area contributed by atoms with Gasteiger partial charge < -0.3 is 10.6 Å². The van der Waals surface area contributed by atoms with Crippen LogP contribution in [-0.4, -0.2) is 17.6 Å². The van der Waals surface area contributed by atoms with Crippen molar-refractivity contribution in [2.75, 3.05) is 6.54 Å². The number of fused-ring (bicyclic) bond motifs is 1. The van der Waals surface area contributed by atoms with Crippen molar-refractivity contribution in [3.05, 3.63) is 42.1 Å². The van der Waals surface area contributed by atoms with Gasteiger partial charge in [0.1, 0.15) is 0 Å². The zero-order valence-corrected chi connectivity index (χ0v) is 10.4. The zero-order valence-electron chi connectivity index (χ0n) is 10.4. The lowest BCUT2D eigenvalue weighted by Crippen LogP contribution is -2.35. The maximum atomic E-state index is 11.5. The van der Waals surface area contributed by atoms with Gasteiger partial charge in [-0.3, -0.25) is 4.98 Å². The average Bonchev–Trinajstić information content (AvgIpc) is 2.42. The summed E-state index contributed by atoms with van der Waals surface area (Å²) in [4.78, 5) is 15.8. The van der Waals surface area contributed by atoms with E-state index in [0.29, 0.717) is 13.1 Å². The van der Waals surface area contributed by atoms with E-state index in [4.69, 9.17) is 0 Å². The molecule has 0 atom stereocenters. The van der Waals surface area contributed by atoms with Gasteiger partial charge in [0.05, 0.1) is 5.52 Å². The first-order valence-electron chi connectivity index (χ1n) is 6.15. The first-order valence-corrected chi connectivity index (χ1v) is 6.15. The number of aromatic nitrogens is 1. The molecule has 1 aromatic heterocycles. The zero-order chi connectivity index (χ0) is 12.8. The highest BCUT2D eigenvalue weighted by Gasteiger charge is 2.03. The number of hydrogen-bond acceptors (Lipinski definition) is 2. The van der Waals surface area contributed by atoms with Crippen LogP contribution in [-0.2, 0) is 6.54 Å². The second kappa shape index (κ2) is 6.00. The molecule has 0 aliphatic carbocycles. The molecule has 1 heterocycles. The van der Waals surface area contributed by atoms with Crippen molar-refractivity contribution < 1.29 is 4.79 Å². The smallest absolute Gasteiger partial charge is 0.315 e. The first-order chi connectivity index (χ1) is 8.81. The number of nitrogens with zero attached hydrogens (tertiary/aromatic N) is 1. The molecule has 0 fully saturated rings. The Labute approximate surface area is 106 Å². The molecule has 18 heavy (non-hydrogen) atoms. The number of carbonyl (C=O) groups is 1. The Morgan fingerprint density at radius 3 is 2.89 bits per heavy atom. The van der Waals surface area contributed by atoms with Crippen LogP contribution in [0.2, 0.25) is 0 Å². The van der Waals surface area contributed by atoms with Crippen LogP contribution in [0.5, 0.6) is 0 Å². The number of pyridine rings is 1. The van der Waals surface area contributed by atoms with Gasteiger partial charge in [-0.25, -0.2) is 4.79 Å². The topological polar surface area (TPSA) is 54.0 Å². The van der Waals surface area contributed by atoms with Gasteiger partial charge in [0.2, 0.25) is 0 Å². The monoisotopic (exact) mass is 243 g/mol. The van der Waals surface area contributed by atoms with Crippen molar-refractivity contribution in [2.24, 2.45) is 0 Å². The Balaban J connectivity index is 2.05. The molecule has 1 aromatic carbocycles. The molecule has 94 valence electrons. The summed E-state index contributed by atoms with van der Waals surface area (Å²) in [7, 11) is 0. The molecule has 0 radical (unpaired) electrons. The SMILES string of the molecule is CCCNC(=O)NCc1cccc2cccnc12. The van der Waals surface area contributed by atoms with Crippen LogP contribution < -0.4 is 10.6 Å². The summed E-state index contributed by atoms with van der Waals surface area (Å²) in [6.07, 6.45) is 2.70. The quantitative estimate of drug-likeness (QED) is 0.866. The minimum absolute atomic E-state index is 0.134. The van der Waals surface area contributed by atoms with E-state index in [2.05, 4.69) is 15.6 Å². The molecule has 0 aliphatic heterocycles. The number of amides is 2. The maximum absolute atomic E-state index is 11.5. The lowest BCUT2D eigenvalue weighted by Gasteiger charge is -2.08. The highest BCUT2D eigenvalue weighted by molar-refractivity contribution is 5.82. The summed E-state index contributed by atoms with van der Waals surface area (Å²) in [5.74, 6) is 0. The molecule has 4 nitrogen and oxygen atoms in total. The number of nitrogens with one attached hydrogen (secondary N) is 2. The molecule has 2 N–H and O–H groups in total. The largest absolute Gasteiger partial charge is 0.338 e. The Morgan fingerprint density at radius 2 is 2.06 bits per heavy atom. The lowest BCUT2D eigenvalue weighted by atomic mass is 10.1. The normalized spacial score (nSPS) is 10.3. The second-order valence-corrected chi connectivity index (χ2v) is 4.10. The minimum Gasteiger partial charge on any atom is -0.338 e. The first kappa shape index (κ1) is 12.4. The minimum atomic E-state index is -0.134. The third kappa shape index (κ3) is 2.97. The van der Waals surface area contributed by atoms with Crippen LogP contribution in [0.25, 0.3) is 10.9 Å². The average molecular weight is 243 g/mol. The van der Waals surface area contributed by atoms with Crippen LogP contribution in [0.3, 0.4) is 0 Å². The Kier molecular flexibility index (Phi) is 4.12. The molecule has 0 spiro atoms. The summed E-state index contributed by atoms with van der Waals surface area (Å²) >= 11 is 0. The van der Waals surface area contributed by atoms with Crippen LogP contribution >= 0.6 is 0 Å². The fourth-order valence-electron chi connectivity index (χ4n) is 1.79. The summed E-state index contributed by atoms with van der Waals surface area (Å²) in [5.41, 5.74) is 1.97. The van der Waals surface area contributed by atoms with Crippen molar-refractivity contribution in [1.82, 2.24) is 15.6 Å². The Hall–Kier alpha value is -2.10. The second-order valence-electron chi connectivity index (χ2n) is 4.10. The van der Waals surface area contributed by atoms with Gasteiger partial charge in [-0.1, -0.05) is 31.2 Å². The van der Waals surface area contributed by atoms with Crippen molar-refractivity contribution in [1.29, 1.82) is 0 Å². The standard InChI is InChI=1S/C14H17N3O/c1-2-8-16-14(18)17-10-12-6-3-5-11-7-4-9-15-13(11)12/h3-7,9H,2,8,10H2,1H3,(H2,16,17,18). The molecule has 0 unspecified atom stereocenters. The molecule has 0 bridgehead atoms. The summed E-state index contributed by atoms with van der Waals surface area (Å²) in [6, 6.07) is 9.77. The molecule has 4 heteroatoms. The number of urea groups is 1. The summed E-state index contributed by atoms with van der Waals surface area (Å²) < 4.78 is 0. The van der Waals surface area contributed by atoms with Gasteiger partial charge in [0.25, 0.3) is 0 Å². The fraction of sp³-hybridized carbons (Fsp3) is 0.286. The van der Waals surface area contributed by atoms with Crippen LogP contribution in [0.4, 0.5) is 4.79 Å². The number of benzene rings is 1. The Bertz CT molecular complexity index is 534. The van der Waals surface area contributed by atoms with Crippen LogP contribution in [0, 0.1) is 0 Å².